The van der Waals surface area contributed by atoms with Crippen molar-refractivity contribution in [2.45, 2.75) is 13.8 Å². The third-order valence-corrected chi connectivity index (χ3v) is 2.43. The van der Waals surface area contributed by atoms with E-state index in [0.29, 0.717) is 11.1 Å². The highest BCUT2D eigenvalue weighted by Gasteiger charge is 2.11. The predicted octanol–water partition coefficient (Wildman–Crippen LogP) is 1.26. The van der Waals surface area contributed by atoms with Crippen LogP contribution in [0, 0.1) is 19.1 Å². The van der Waals surface area contributed by atoms with E-state index in [9.17, 15) is 5.21 Å². The van der Waals surface area contributed by atoms with Crippen LogP contribution in [-0.4, -0.2) is 10.2 Å². The Labute approximate surface area is 87.3 Å². The molecule has 0 aliphatic heterocycles. The van der Waals surface area contributed by atoms with Crippen LogP contribution in [-0.2, 0) is 0 Å². The summed E-state index contributed by atoms with van der Waals surface area (Å²) in [7, 11) is 0. The fourth-order valence-corrected chi connectivity index (χ4v) is 1.70. The number of benzene rings is 1. The minimum absolute atomic E-state index is 0.347. The first-order valence-corrected chi connectivity index (χ1v) is 4.70. The van der Waals surface area contributed by atoms with E-state index < -0.39 is 5.23 Å². The Hall–Kier alpha value is -1.49. The van der Waals surface area contributed by atoms with Gasteiger partial charge in [0.1, 0.15) is 0 Å². The summed E-state index contributed by atoms with van der Waals surface area (Å²) in [6, 6.07) is 7.28. The van der Waals surface area contributed by atoms with Gasteiger partial charge >= 0.3 is 0 Å². The maximum atomic E-state index is 11.1. The normalized spacial score (nSPS) is 13.1. The number of hydrogen-bond donors (Lipinski definition) is 2. The van der Waals surface area contributed by atoms with Crippen molar-refractivity contribution in [1.82, 2.24) is 4.98 Å². The molecule has 0 bridgehead atoms. The van der Waals surface area contributed by atoms with E-state index in [4.69, 9.17) is 5.21 Å². The van der Waals surface area contributed by atoms with Crippen molar-refractivity contribution in [3.05, 3.63) is 40.7 Å². The van der Waals surface area contributed by atoms with Crippen LogP contribution in [0.3, 0.4) is 0 Å². The third kappa shape index (κ3) is 1.70. The van der Waals surface area contributed by atoms with Gasteiger partial charge in [-0.05, 0) is 32.0 Å². The summed E-state index contributed by atoms with van der Waals surface area (Å²) >= 11 is 0. The van der Waals surface area contributed by atoms with Gasteiger partial charge in [0.25, 0.3) is 0 Å². The molecule has 0 aliphatic carbocycles. The summed E-state index contributed by atoms with van der Waals surface area (Å²) < 4.78 is 0. The molecule has 0 fully saturated rings. The number of quaternary nitrogens is 1. The third-order valence-electron chi connectivity index (χ3n) is 2.43. The molecule has 1 heterocycles. The molecule has 0 aliphatic rings. The number of fused-ring (bicyclic) bond motifs is 1. The molecule has 1 atom stereocenters. The van der Waals surface area contributed by atoms with Crippen molar-refractivity contribution in [2.75, 3.05) is 0 Å². The number of hydrogen-bond acceptors (Lipinski definition) is 3. The van der Waals surface area contributed by atoms with Gasteiger partial charge in [-0.25, -0.2) is 5.21 Å². The topological polar surface area (TPSA) is 60.6 Å². The van der Waals surface area contributed by atoms with Gasteiger partial charge < -0.3 is 5.21 Å². The molecule has 2 rings (SSSR count). The van der Waals surface area contributed by atoms with Crippen molar-refractivity contribution >= 4 is 16.6 Å². The molecule has 0 saturated carbocycles. The fraction of sp³-hybridized carbons (Fsp3) is 0.182. The Morgan fingerprint density at radius 2 is 1.93 bits per heavy atom. The number of rotatable bonds is 1. The zero-order valence-corrected chi connectivity index (χ0v) is 8.61. The van der Waals surface area contributed by atoms with Crippen molar-refractivity contribution in [1.29, 1.82) is 0 Å². The Balaban J connectivity index is 2.82. The molecule has 15 heavy (non-hydrogen) atoms. The largest absolute Gasteiger partial charge is 0.595 e. The maximum absolute atomic E-state index is 11.1. The molecule has 0 saturated heterocycles. The van der Waals surface area contributed by atoms with Crippen LogP contribution < -0.4 is 5.23 Å². The van der Waals surface area contributed by atoms with Gasteiger partial charge in [-0.15, -0.1) is 0 Å². The van der Waals surface area contributed by atoms with Gasteiger partial charge in [0.2, 0.25) is 0 Å². The number of aryl methyl sites for hydroxylation is 2. The lowest BCUT2D eigenvalue weighted by molar-refractivity contribution is -0.990. The average molecular weight is 204 g/mol. The van der Waals surface area contributed by atoms with E-state index in [2.05, 4.69) is 4.98 Å². The molecule has 4 heteroatoms. The fourth-order valence-electron chi connectivity index (χ4n) is 1.70. The lowest BCUT2D eigenvalue weighted by Crippen LogP contribution is -2.99. The zero-order chi connectivity index (χ0) is 11.0. The van der Waals surface area contributed by atoms with Gasteiger partial charge in [-0.2, -0.15) is 5.23 Å². The molecule has 1 aromatic heterocycles. The van der Waals surface area contributed by atoms with Crippen molar-refractivity contribution < 1.29 is 10.4 Å². The monoisotopic (exact) mass is 204 g/mol. The highest BCUT2D eigenvalue weighted by molar-refractivity contribution is 5.89. The summed E-state index contributed by atoms with van der Waals surface area (Å²) in [5.74, 6) is 0. The Bertz CT molecular complexity index is 509. The van der Waals surface area contributed by atoms with Gasteiger partial charge in [-0.3, -0.25) is 4.98 Å². The zero-order valence-electron chi connectivity index (χ0n) is 8.61. The SMILES string of the molecule is Cc1ccc2c([NH+]([O-])O)c(C)ccc2n1. The number of nitrogens with one attached hydrogen (secondary N) is 1. The first-order valence-electron chi connectivity index (χ1n) is 4.70. The van der Waals surface area contributed by atoms with Gasteiger partial charge in [0, 0.05) is 11.3 Å². The van der Waals surface area contributed by atoms with E-state index in [1.54, 1.807) is 13.0 Å². The first kappa shape index (κ1) is 10.0. The Morgan fingerprint density at radius 3 is 2.60 bits per heavy atom. The van der Waals surface area contributed by atoms with E-state index >= 15 is 0 Å². The average Bonchev–Trinajstić information content (AvgIpc) is 2.17. The summed E-state index contributed by atoms with van der Waals surface area (Å²) in [4.78, 5) is 4.30. The molecular weight excluding hydrogens is 192 g/mol. The summed E-state index contributed by atoms with van der Waals surface area (Å²) in [5.41, 5.74) is 2.74. The van der Waals surface area contributed by atoms with Crippen LogP contribution >= 0.6 is 0 Å². The molecule has 1 aromatic carbocycles. The molecular formula is C11H12N2O2. The maximum Gasteiger partial charge on any atom is 0.176 e. The number of pyridine rings is 1. The number of aromatic nitrogens is 1. The quantitative estimate of drug-likeness (QED) is 0.687. The summed E-state index contributed by atoms with van der Waals surface area (Å²) in [6.07, 6.45) is 0. The molecule has 78 valence electrons. The van der Waals surface area contributed by atoms with Crippen LogP contribution in [0.4, 0.5) is 5.69 Å². The molecule has 2 aromatic rings. The summed E-state index contributed by atoms with van der Waals surface area (Å²) in [6.45, 7) is 3.68. The summed E-state index contributed by atoms with van der Waals surface area (Å²) in [5, 5.41) is 20.0. The highest BCUT2D eigenvalue weighted by Crippen LogP contribution is 2.22. The van der Waals surface area contributed by atoms with Crippen LogP contribution in [0.5, 0.6) is 0 Å². The predicted molar refractivity (Wildman–Crippen MR) is 57.0 cm³/mol. The highest BCUT2D eigenvalue weighted by atomic mass is 16.8. The standard InChI is InChI=1S/C11H12N2O2/c1-7-3-6-10-9(11(7)13(14)15)5-4-8(2)12-10/h3-6,13-14H,1-2H3. The smallest absolute Gasteiger partial charge is 0.176 e. The minimum Gasteiger partial charge on any atom is -0.595 e. The molecule has 0 spiro atoms. The second-order valence-electron chi connectivity index (χ2n) is 3.58. The van der Waals surface area contributed by atoms with Crippen LogP contribution in [0.2, 0.25) is 0 Å². The Morgan fingerprint density at radius 1 is 1.20 bits per heavy atom. The van der Waals surface area contributed by atoms with Gasteiger partial charge in [0.05, 0.1) is 10.9 Å². The van der Waals surface area contributed by atoms with Crippen LogP contribution in [0.25, 0.3) is 10.9 Å². The van der Waals surface area contributed by atoms with E-state index in [0.717, 1.165) is 16.8 Å². The van der Waals surface area contributed by atoms with Crippen molar-refractivity contribution in [3.63, 3.8) is 0 Å². The first-order chi connectivity index (χ1) is 7.09. The second kappa shape index (κ2) is 3.58. The van der Waals surface area contributed by atoms with Gasteiger partial charge in [0.15, 0.2) is 5.69 Å². The molecule has 1 unspecified atom stereocenters. The molecule has 0 radical (unpaired) electrons. The van der Waals surface area contributed by atoms with Gasteiger partial charge in [-0.1, -0.05) is 6.07 Å². The second-order valence-corrected chi connectivity index (χ2v) is 3.58. The van der Waals surface area contributed by atoms with Crippen molar-refractivity contribution in [3.8, 4) is 0 Å². The Kier molecular flexibility index (Phi) is 2.40. The molecule has 2 N–H and O–H groups in total. The van der Waals surface area contributed by atoms with E-state index in [1.165, 1.54) is 0 Å². The lowest BCUT2D eigenvalue weighted by Gasteiger charge is -2.16. The van der Waals surface area contributed by atoms with Crippen LogP contribution in [0.1, 0.15) is 11.3 Å². The van der Waals surface area contributed by atoms with Crippen LogP contribution in [0.15, 0.2) is 24.3 Å². The molecule has 0 amide bonds. The van der Waals surface area contributed by atoms with E-state index in [1.807, 2.05) is 25.1 Å². The molecule has 4 nitrogen and oxygen atoms in total. The number of nitrogens with zero attached hydrogens (tertiary/aromatic N) is 1. The van der Waals surface area contributed by atoms with E-state index in [-0.39, 0.29) is 0 Å². The lowest BCUT2D eigenvalue weighted by atomic mass is 10.1. The van der Waals surface area contributed by atoms with Crippen molar-refractivity contribution in [2.24, 2.45) is 0 Å². The minimum atomic E-state index is -0.899.